The molecule has 0 radical (unpaired) electrons. The largest absolute Gasteiger partial charge is 0.444 e. The lowest BCUT2D eigenvalue weighted by atomic mass is 10.1. The number of thiazole rings is 1. The van der Waals surface area contributed by atoms with Gasteiger partial charge in [-0.25, -0.2) is 14.8 Å². The highest BCUT2D eigenvalue weighted by Gasteiger charge is 2.17. The normalized spacial score (nSPS) is 11.3. The summed E-state index contributed by atoms with van der Waals surface area (Å²) in [7, 11) is 0. The van der Waals surface area contributed by atoms with E-state index >= 15 is 0 Å². The lowest BCUT2D eigenvalue weighted by molar-refractivity contribution is 0.0636. The highest BCUT2D eigenvalue weighted by molar-refractivity contribution is 7.10. The molecule has 37 heavy (non-hydrogen) atoms. The van der Waals surface area contributed by atoms with Crippen LogP contribution in [0.15, 0.2) is 76.8 Å². The Bertz CT molecular complexity index is 1510. The van der Waals surface area contributed by atoms with Crippen LogP contribution >= 0.6 is 11.3 Å². The van der Waals surface area contributed by atoms with Gasteiger partial charge >= 0.3 is 6.09 Å². The summed E-state index contributed by atoms with van der Waals surface area (Å²) >= 11 is 1.51. The van der Waals surface area contributed by atoms with E-state index < -0.39 is 11.7 Å². The van der Waals surface area contributed by atoms with Gasteiger partial charge in [0.15, 0.2) is 0 Å². The molecule has 5 rings (SSSR count). The minimum Gasteiger partial charge on any atom is -0.444 e. The third-order valence-electron chi connectivity index (χ3n) is 5.06. The molecule has 0 bridgehead atoms. The van der Waals surface area contributed by atoms with Crippen molar-refractivity contribution >= 4 is 23.1 Å². The first-order valence-electron chi connectivity index (χ1n) is 11.6. The number of nitrogens with zero attached hydrogens (tertiary/aromatic N) is 5. The number of aromatic nitrogens is 5. The Kier molecular flexibility index (Phi) is 6.74. The molecule has 0 aliphatic carbocycles. The maximum atomic E-state index is 11.9. The maximum absolute atomic E-state index is 11.9. The smallest absolute Gasteiger partial charge is 0.412 e. The highest BCUT2D eigenvalue weighted by Crippen LogP contribution is 2.26. The zero-order chi connectivity index (χ0) is 25.8. The number of hydrogen-bond acceptors (Lipinski definition) is 9. The van der Waals surface area contributed by atoms with E-state index in [0.29, 0.717) is 35.2 Å². The Labute approximate surface area is 217 Å². The number of carbonyl (C=O) groups excluding carboxylic acids is 1. The van der Waals surface area contributed by atoms with E-state index in [4.69, 9.17) is 9.26 Å². The van der Waals surface area contributed by atoms with Crippen molar-refractivity contribution in [1.29, 1.82) is 0 Å². The van der Waals surface area contributed by atoms with E-state index in [9.17, 15) is 4.79 Å². The van der Waals surface area contributed by atoms with Gasteiger partial charge < -0.3 is 9.26 Å². The van der Waals surface area contributed by atoms with E-state index in [1.807, 2.05) is 86.8 Å². The molecule has 186 valence electrons. The average molecular weight is 513 g/mol. The zero-order valence-electron chi connectivity index (χ0n) is 20.5. The Morgan fingerprint density at radius 1 is 0.919 bits per heavy atom. The second kappa shape index (κ2) is 10.3. The van der Waals surface area contributed by atoms with E-state index in [-0.39, 0.29) is 0 Å². The summed E-state index contributed by atoms with van der Waals surface area (Å²) in [6.07, 6.45) is 1.87. The molecule has 4 heterocycles. The number of pyridine rings is 2. The van der Waals surface area contributed by atoms with E-state index in [1.165, 1.54) is 11.3 Å². The molecule has 0 aliphatic rings. The van der Waals surface area contributed by atoms with Gasteiger partial charge in [-0.1, -0.05) is 29.4 Å². The second-order valence-electron chi connectivity index (χ2n) is 9.17. The van der Waals surface area contributed by atoms with E-state index in [1.54, 1.807) is 6.20 Å². The Morgan fingerprint density at radius 3 is 2.46 bits per heavy atom. The minimum atomic E-state index is -0.550. The van der Waals surface area contributed by atoms with Crippen LogP contribution in [0.4, 0.5) is 10.5 Å². The van der Waals surface area contributed by atoms with Crippen LogP contribution in [0.2, 0.25) is 0 Å². The predicted octanol–water partition coefficient (Wildman–Crippen LogP) is 6.25. The van der Waals surface area contributed by atoms with Crippen LogP contribution in [0.3, 0.4) is 0 Å². The average Bonchev–Trinajstić information content (AvgIpc) is 3.55. The van der Waals surface area contributed by atoms with E-state index in [2.05, 4.69) is 30.4 Å². The van der Waals surface area contributed by atoms with Crippen LogP contribution in [-0.4, -0.2) is 36.8 Å². The number of benzene rings is 1. The third kappa shape index (κ3) is 6.22. The van der Waals surface area contributed by atoms with Crippen LogP contribution in [0.5, 0.6) is 0 Å². The van der Waals surface area contributed by atoms with E-state index in [0.717, 1.165) is 22.0 Å². The fraction of sp³-hybridized carbons (Fsp3) is 0.185. The Hall–Kier alpha value is -4.44. The summed E-state index contributed by atoms with van der Waals surface area (Å²) in [4.78, 5) is 30.1. The SMILES string of the molecule is CC(C)(C)OC(=O)Nc1ccc(Cc2nc(-c3nc(-c4cccc(-c5ccccn5)n4)no3)cs2)cc1. The van der Waals surface area contributed by atoms with Gasteiger partial charge in [-0.15, -0.1) is 11.3 Å². The lowest BCUT2D eigenvalue weighted by Crippen LogP contribution is -2.27. The van der Waals surface area contributed by atoms with Gasteiger partial charge in [0.05, 0.1) is 16.4 Å². The molecule has 0 saturated carbocycles. The number of amides is 1. The molecule has 9 nitrogen and oxygen atoms in total. The standard InChI is InChI=1S/C27H24N6O3S/c1-27(2,3)35-26(34)29-18-12-10-17(11-13-18)15-23-31-22(16-37-23)25-32-24(33-36-25)21-9-6-8-20(30-21)19-7-4-5-14-28-19/h4-14,16H,15H2,1-3H3,(H,29,34). The van der Waals surface area contributed by atoms with Gasteiger partial charge in [0.1, 0.15) is 17.0 Å². The fourth-order valence-electron chi connectivity index (χ4n) is 3.44. The number of anilines is 1. The molecule has 0 aliphatic heterocycles. The van der Waals surface area contributed by atoms with Gasteiger partial charge in [0, 0.05) is 23.7 Å². The minimum absolute atomic E-state index is 0.333. The van der Waals surface area contributed by atoms with Crippen LogP contribution in [0.25, 0.3) is 34.5 Å². The Morgan fingerprint density at radius 2 is 1.70 bits per heavy atom. The van der Waals surface area contributed by atoms with Gasteiger partial charge in [-0.05, 0) is 62.7 Å². The third-order valence-corrected chi connectivity index (χ3v) is 5.91. The topological polar surface area (TPSA) is 116 Å². The molecule has 4 aromatic heterocycles. The molecule has 5 aromatic rings. The number of nitrogens with one attached hydrogen (secondary N) is 1. The van der Waals surface area contributed by atoms with Crippen molar-refractivity contribution in [2.24, 2.45) is 0 Å². The number of hydrogen-bond donors (Lipinski definition) is 1. The quantitative estimate of drug-likeness (QED) is 0.284. The van der Waals surface area contributed by atoms with Crippen molar-refractivity contribution in [1.82, 2.24) is 25.1 Å². The number of ether oxygens (including phenoxy) is 1. The Balaban J connectivity index is 1.25. The maximum Gasteiger partial charge on any atom is 0.412 e. The molecule has 0 atom stereocenters. The van der Waals surface area contributed by atoms with Crippen LogP contribution in [0, 0.1) is 0 Å². The summed E-state index contributed by atoms with van der Waals surface area (Å²) in [6, 6.07) is 18.8. The summed E-state index contributed by atoms with van der Waals surface area (Å²) in [6.45, 7) is 5.47. The molecule has 0 saturated heterocycles. The van der Waals surface area contributed by atoms with Gasteiger partial charge in [0.25, 0.3) is 5.89 Å². The van der Waals surface area contributed by atoms with Crippen molar-refractivity contribution < 1.29 is 14.1 Å². The fourth-order valence-corrected chi connectivity index (χ4v) is 4.24. The van der Waals surface area contributed by atoms with Crippen molar-refractivity contribution in [2.75, 3.05) is 5.32 Å². The molecule has 1 amide bonds. The van der Waals surface area contributed by atoms with Gasteiger partial charge in [-0.3, -0.25) is 10.3 Å². The van der Waals surface area contributed by atoms with Crippen molar-refractivity contribution in [2.45, 2.75) is 32.8 Å². The second-order valence-corrected chi connectivity index (χ2v) is 10.1. The van der Waals surface area contributed by atoms with Gasteiger partial charge in [0.2, 0.25) is 5.82 Å². The molecule has 0 unspecified atom stereocenters. The first-order chi connectivity index (χ1) is 17.8. The summed E-state index contributed by atoms with van der Waals surface area (Å²) in [5.41, 5.74) is 3.87. The van der Waals surface area contributed by atoms with Gasteiger partial charge in [-0.2, -0.15) is 4.98 Å². The molecule has 0 fully saturated rings. The monoisotopic (exact) mass is 512 g/mol. The lowest BCUT2D eigenvalue weighted by Gasteiger charge is -2.19. The first-order valence-corrected chi connectivity index (χ1v) is 12.5. The zero-order valence-corrected chi connectivity index (χ0v) is 21.3. The first kappa shape index (κ1) is 24.3. The number of rotatable bonds is 6. The van der Waals surface area contributed by atoms with Crippen LogP contribution in [0.1, 0.15) is 31.3 Å². The number of carbonyl (C=O) groups is 1. The van der Waals surface area contributed by atoms with Crippen LogP contribution in [-0.2, 0) is 11.2 Å². The van der Waals surface area contributed by atoms with Crippen molar-refractivity contribution in [3.63, 3.8) is 0 Å². The van der Waals surface area contributed by atoms with Crippen molar-refractivity contribution in [3.8, 4) is 34.5 Å². The summed E-state index contributed by atoms with van der Waals surface area (Å²) in [5, 5.41) is 9.62. The van der Waals surface area contributed by atoms with Crippen molar-refractivity contribution in [3.05, 3.63) is 82.8 Å². The predicted molar refractivity (Wildman–Crippen MR) is 141 cm³/mol. The molecular formula is C27H24N6O3S. The molecule has 1 N–H and O–H groups in total. The molecule has 10 heteroatoms. The molecule has 1 aromatic carbocycles. The van der Waals surface area contributed by atoms with Crippen LogP contribution < -0.4 is 5.32 Å². The summed E-state index contributed by atoms with van der Waals surface area (Å²) < 4.78 is 10.8. The highest BCUT2D eigenvalue weighted by atomic mass is 32.1. The molecule has 0 spiro atoms. The molecular weight excluding hydrogens is 488 g/mol. The summed E-state index contributed by atoms with van der Waals surface area (Å²) in [5.74, 6) is 0.717.